The first-order valence-electron chi connectivity index (χ1n) is 9.74. The monoisotopic (exact) mass is 438 g/mol. The Morgan fingerprint density at radius 1 is 1.23 bits per heavy atom. The van der Waals surface area contributed by atoms with E-state index in [2.05, 4.69) is 15.2 Å². The van der Waals surface area contributed by atoms with E-state index in [0.717, 1.165) is 22.5 Å². The molecule has 4 rings (SSSR count). The number of halogens is 2. The highest BCUT2D eigenvalue weighted by atomic mass is 35.5. The molecule has 0 unspecified atom stereocenters. The fourth-order valence-corrected chi connectivity index (χ4v) is 3.63. The minimum atomic E-state index is -0.566. The zero-order valence-corrected chi connectivity index (χ0v) is 17.8. The van der Waals surface area contributed by atoms with E-state index in [0.29, 0.717) is 17.2 Å². The summed E-state index contributed by atoms with van der Waals surface area (Å²) in [6, 6.07) is 13.7. The first-order valence-corrected chi connectivity index (χ1v) is 10.1. The third-order valence-electron chi connectivity index (χ3n) is 4.90. The Morgan fingerprint density at radius 3 is 2.74 bits per heavy atom. The highest BCUT2D eigenvalue weighted by molar-refractivity contribution is 6.35. The summed E-state index contributed by atoms with van der Waals surface area (Å²) in [6.45, 7) is 2.34. The maximum absolute atomic E-state index is 15.1. The van der Waals surface area contributed by atoms with Crippen LogP contribution in [0.15, 0.2) is 54.7 Å². The van der Waals surface area contributed by atoms with Crippen molar-refractivity contribution in [2.45, 2.75) is 13.5 Å². The van der Waals surface area contributed by atoms with Crippen LogP contribution in [-0.4, -0.2) is 39.6 Å². The van der Waals surface area contributed by atoms with Crippen LogP contribution < -0.4 is 4.74 Å². The average Bonchev–Trinajstić information content (AvgIpc) is 3.27. The second kappa shape index (κ2) is 8.73. The van der Waals surface area contributed by atoms with E-state index >= 15 is 4.39 Å². The Morgan fingerprint density at radius 2 is 2.00 bits per heavy atom. The molecule has 0 aliphatic carbocycles. The van der Waals surface area contributed by atoms with E-state index < -0.39 is 11.7 Å². The third kappa shape index (κ3) is 4.09. The number of carbonyl (C=O) groups is 1. The molecule has 0 aliphatic rings. The molecule has 0 bridgehead atoms. The van der Waals surface area contributed by atoms with Crippen LogP contribution in [0, 0.1) is 5.82 Å². The fourth-order valence-electron chi connectivity index (χ4n) is 3.42. The Hall–Kier alpha value is -3.45. The zero-order valence-electron chi connectivity index (χ0n) is 17.0. The van der Waals surface area contributed by atoms with Gasteiger partial charge in [0.2, 0.25) is 5.88 Å². The topological polar surface area (TPSA) is 71.1 Å². The smallest absolute Gasteiger partial charge is 0.272 e. The summed E-state index contributed by atoms with van der Waals surface area (Å²) in [4.78, 5) is 18.8. The zero-order chi connectivity index (χ0) is 22.0. The maximum Gasteiger partial charge on any atom is 0.272 e. The van der Waals surface area contributed by atoms with Gasteiger partial charge < -0.3 is 9.64 Å². The van der Waals surface area contributed by atoms with Gasteiger partial charge >= 0.3 is 0 Å². The number of ether oxygens (including phenoxy) is 1. The lowest BCUT2D eigenvalue weighted by molar-refractivity contribution is 0.0778. The number of benzene rings is 2. The van der Waals surface area contributed by atoms with Crippen LogP contribution in [0.4, 0.5) is 4.39 Å². The van der Waals surface area contributed by atoms with E-state index in [-0.39, 0.29) is 23.7 Å². The molecule has 1 N–H and O–H groups in total. The van der Waals surface area contributed by atoms with Gasteiger partial charge in [-0.05, 0) is 24.1 Å². The van der Waals surface area contributed by atoms with Gasteiger partial charge in [-0.15, -0.1) is 0 Å². The van der Waals surface area contributed by atoms with Gasteiger partial charge in [-0.25, -0.2) is 9.37 Å². The van der Waals surface area contributed by atoms with Gasteiger partial charge in [0.25, 0.3) is 5.91 Å². The lowest BCUT2D eigenvalue weighted by Gasteiger charge is -2.19. The van der Waals surface area contributed by atoms with Crippen molar-refractivity contribution in [3.63, 3.8) is 0 Å². The molecule has 0 radical (unpaired) electrons. The van der Waals surface area contributed by atoms with Gasteiger partial charge in [-0.3, -0.25) is 9.89 Å². The second-order valence-electron chi connectivity index (χ2n) is 6.99. The average molecular weight is 439 g/mol. The van der Waals surface area contributed by atoms with Gasteiger partial charge in [-0.1, -0.05) is 48.0 Å². The van der Waals surface area contributed by atoms with Crippen LogP contribution in [0.2, 0.25) is 5.02 Å². The van der Waals surface area contributed by atoms with Crippen LogP contribution >= 0.6 is 11.6 Å². The van der Waals surface area contributed by atoms with Crippen molar-refractivity contribution in [1.82, 2.24) is 20.1 Å². The number of H-pyrrole nitrogens is 1. The minimum absolute atomic E-state index is 0.0297. The van der Waals surface area contributed by atoms with Crippen molar-refractivity contribution < 1.29 is 13.9 Å². The molecular formula is C23H20ClFN4O2. The summed E-state index contributed by atoms with van der Waals surface area (Å²) < 4.78 is 20.6. The molecule has 158 valence electrons. The SMILES string of the molecule is CCOc1nc(C(=O)N(C)Cc2ccc(Cl)c3cn[nH]c23)cc(F)c1-c1ccccc1. The van der Waals surface area contributed by atoms with Crippen LogP contribution in [0.5, 0.6) is 5.88 Å². The van der Waals surface area contributed by atoms with Crippen LogP contribution in [-0.2, 0) is 6.54 Å². The molecule has 4 aromatic rings. The minimum Gasteiger partial charge on any atom is -0.477 e. The quantitative estimate of drug-likeness (QED) is 0.455. The van der Waals surface area contributed by atoms with Crippen molar-refractivity contribution in [1.29, 1.82) is 0 Å². The van der Waals surface area contributed by atoms with Crippen LogP contribution in [0.3, 0.4) is 0 Å². The predicted octanol–water partition coefficient (Wildman–Crippen LogP) is 5.09. The number of nitrogens with one attached hydrogen (secondary N) is 1. The number of rotatable bonds is 6. The molecule has 2 aromatic carbocycles. The Kier molecular flexibility index (Phi) is 5.86. The number of aromatic amines is 1. The van der Waals surface area contributed by atoms with E-state index in [1.807, 2.05) is 12.1 Å². The summed E-state index contributed by atoms with van der Waals surface area (Å²) in [7, 11) is 1.63. The molecule has 2 aromatic heterocycles. The highest BCUT2D eigenvalue weighted by Gasteiger charge is 2.22. The molecule has 6 nitrogen and oxygen atoms in total. The van der Waals surface area contributed by atoms with Crippen LogP contribution in [0.1, 0.15) is 23.0 Å². The Bertz CT molecular complexity index is 1240. The summed E-state index contributed by atoms with van der Waals surface area (Å²) in [5.74, 6) is -0.904. The number of hydrogen-bond acceptors (Lipinski definition) is 4. The van der Waals surface area contributed by atoms with E-state index in [1.165, 1.54) is 4.90 Å². The molecule has 1 amide bonds. The highest BCUT2D eigenvalue weighted by Crippen LogP contribution is 2.32. The normalized spacial score (nSPS) is 11.0. The molecule has 0 spiro atoms. The number of carbonyl (C=O) groups excluding carboxylic acids is 1. The molecule has 0 atom stereocenters. The molecule has 0 aliphatic heterocycles. The number of nitrogens with zero attached hydrogens (tertiary/aromatic N) is 3. The number of pyridine rings is 1. The van der Waals surface area contributed by atoms with Crippen molar-refractivity contribution >= 4 is 28.4 Å². The third-order valence-corrected chi connectivity index (χ3v) is 5.23. The summed E-state index contributed by atoms with van der Waals surface area (Å²) in [5.41, 5.74) is 2.42. The lowest BCUT2D eigenvalue weighted by atomic mass is 10.1. The van der Waals surface area contributed by atoms with Gasteiger partial charge in [0.05, 0.1) is 28.9 Å². The van der Waals surface area contributed by atoms with Gasteiger partial charge in [-0.2, -0.15) is 5.10 Å². The van der Waals surface area contributed by atoms with Gasteiger partial charge in [0, 0.05) is 25.0 Å². The number of fused-ring (bicyclic) bond motifs is 1. The second-order valence-corrected chi connectivity index (χ2v) is 7.40. The molecule has 0 fully saturated rings. The lowest BCUT2D eigenvalue weighted by Crippen LogP contribution is -2.27. The number of hydrogen-bond donors (Lipinski definition) is 1. The summed E-state index contributed by atoms with van der Waals surface area (Å²) in [5, 5.41) is 8.27. The standard InChI is InChI=1S/C23H20ClFN4O2/c1-3-31-22-20(14-7-5-4-6-8-14)18(25)11-19(27-22)23(30)29(2)13-15-9-10-17(24)16-12-26-28-21(15)16/h4-12H,3,13H2,1-2H3,(H,26,28). The van der Waals surface area contributed by atoms with Crippen molar-refractivity contribution in [3.8, 4) is 17.0 Å². The summed E-state index contributed by atoms with van der Waals surface area (Å²) >= 11 is 6.19. The molecular weight excluding hydrogens is 419 g/mol. The van der Waals surface area contributed by atoms with Gasteiger partial charge in [0.1, 0.15) is 11.5 Å². The first-order chi connectivity index (χ1) is 15.0. The first kappa shape index (κ1) is 20.8. The molecule has 8 heteroatoms. The number of aromatic nitrogens is 3. The molecule has 0 saturated heterocycles. The van der Waals surface area contributed by atoms with Crippen LogP contribution in [0.25, 0.3) is 22.0 Å². The van der Waals surface area contributed by atoms with E-state index in [4.69, 9.17) is 16.3 Å². The van der Waals surface area contributed by atoms with Crippen molar-refractivity contribution in [2.24, 2.45) is 0 Å². The van der Waals surface area contributed by atoms with E-state index in [1.54, 1.807) is 50.5 Å². The predicted molar refractivity (Wildman–Crippen MR) is 118 cm³/mol. The Labute approximate surface area is 183 Å². The maximum atomic E-state index is 15.1. The van der Waals surface area contributed by atoms with Crippen molar-refractivity contribution in [2.75, 3.05) is 13.7 Å². The largest absolute Gasteiger partial charge is 0.477 e. The molecule has 31 heavy (non-hydrogen) atoms. The molecule has 0 saturated carbocycles. The fraction of sp³-hybridized carbons (Fsp3) is 0.174. The van der Waals surface area contributed by atoms with E-state index in [9.17, 15) is 4.79 Å². The number of amides is 1. The summed E-state index contributed by atoms with van der Waals surface area (Å²) in [6.07, 6.45) is 1.64. The van der Waals surface area contributed by atoms with Gasteiger partial charge in [0.15, 0.2) is 0 Å². The van der Waals surface area contributed by atoms with Crippen molar-refractivity contribution in [3.05, 3.63) is 76.8 Å². The molecule has 2 heterocycles. The Balaban J connectivity index is 1.66.